The minimum atomic E-state index is -4.09. The summed E-state index contributed by atoms with van der Waals surface area (Å²) in [5.41, 5.74) is 1.05. The Bertz CT molecular complexity index is 408. The van der Waals surface area contributed by atoms with Gasteiger partial charge in [0, 0.05) is 24.5 Å². The Kier molecular flexibility index (Phi) is 8.07. The van der Waals surface area contributed by atoms with Gasteiger partial charge < -0.3 is 9.45 Å². The van der Waals surface area contributed by atoms with Gasteiger partial charge in [-0.05, 0) is 25.5 Å². The minimum Gasteiger partial charge on any atom is -0.748 e. The zero-order valence-electron chi connectivity index (χ0n) is 10.3. The number of para-hydroxylation sites is 1. The summed E-state index contributed by atoms with van der Waals surface area (Å²) < 4.78 is 31.4. The maximum atomic E-state index is 10.5. The molecule has 0 spiro atoms. The predicted molar refractivity (Wildman–Crippen MR) is 63.5 cm³/mol. The molecule has 6 heteroatoms. The number of hydrogen-bond acceptors (Lipinski definition) is 4. The van der Waals surface area contributed by atoms with Crippen LogP contribution in [0.3, 0.4) is 0 Å². The van der Waals surface area contributed by atoms with E-state index in [0.717, 1.165) is 12.2 Å². The van der Waals surface area contributed by atoms with Crippen molar-refractivity contribution in [2.45, 2.75) is 13.3 Å². The van der Waals surface area contributed by atoms with Crippen molar-refractivity contribution < 1.29 is 42.5 Å². The molecule has 0 aliphatic rings. The Morgan fingerprint density at radius 1 is 1.24 bits per heavy atom. The van der Waals surface area contributed by atoms with E-state index in [9.17, 15) is 13.0 Å². The van der Waals surface area contributed by atoms with Crippen molar-refractivity contribution in [3.63, 3.8) is 0 Å². The van der Waals surface area contributed by atoms with Crippen LogP contribution in [0.4, 0.5) is 5.69 Å². The molecule has 90 valence electrons. The van der Waals surface area contributed by atoms with Crippen LogP contribution in [0.15, 0.2) is 30.3 Å². The molecule has 0 unspecified atom stereocenters. The summed E-state index contributed by atoms with van der Waals surface area (Å²) in [5.74, 6) is -0.295. The molecule has 4 nitrogen and oxygen atoms in total. The summed E-state index contributed by atoms with van der Waals surface area (Å²) in [6, 6.07) is 9.73. The zero-order valence-corrected chi connectivity index (χ0v) is 13.1. The summed E-state index contributed by atoms with van der Waals surface area (Å²) in [6.45, 7) is 3.38. The topological polar surface area (TPSA) is 60.4 Å². The molecule has 0 aromatic heterocycles. The molecule has 0 N–H and O–H groups in total. The Morgan fingerprint density at radius 2 is 1.82 bits per heavy atom. The fraction of sp³-hybridized carbons (Fsp3) is 0.455. The number of rotatable bonds is 6. The van der Waals surface area contributed by atoms with Crippen molar-refractivity contribution in [2.24, 2.45) is 0 Å². The van der Waals surface area contributed by atoms with Gasteiger partial charge in [-0.2, -0.15) is 0 Å². The van der Waals surface area contributed by atoms with E-state index in [4.69, 9.17) is 0 Å². The van der Waals surface area contributed by atoms with Crippen LogP contribution in [0.2, 0.25) is 0 Å². The molecule has 0 saturated carbocycles. The minimum absolute atomic E-state index is 0. The second-order valence-corrected chi connectivity index (χ2v) is 5.05. The smallest absolute Gasteiger partial charge is 0.748 e. The monoisotopic (exact) mass is 265 g/mol. The maximum Gasteiger partial charge on any atom is 1.00 e. The van der Waals surface area contributed by atoms with Crippen LogP contribution in [0, 0.1) is 0 Å². The molecule has 0 heterocycles. The predicted octanol–water partition coefficient (Wildman–Crippen LogP) is -1.55. The molecule has 0 amide bonds. The van der Waals surface area contributed by atoms with E-state index in [1.54, 1.807) is 0 Å². The summed E-state index contributed by atoms with van der Waals surface area (Å²) in [7, 11) is -4.09. The van der Waals surface area contributed by atoms with Crippen molar-refractivity contribution >= 4 is 15.8 Å². The van der Waals surface area contributed by atoms with Gasteiger partial charge in [0.25, 0.3) is 0 Å². The van der Waals surface area contributed by atoms with E-state index >= 15 is 0 Å². The van der Waals surface area contributed by atoms with Gasteiger partial charge in [-0.15, -0.1) is 0 Å². The van der Waals surface area contributed by atoms with E-state index in [1.165, 1.54) is 0 Å². The van der Waals surface area contributed by atoms with Crippen molar-refractivity contribution in [2.75, 3.05) is 23.7 Å². The Labute approximate surface area is 125 Å². The third-order valence-electron chi connectivity index (χ3n) is 2.33. The number of nitrogens with zero attached hydrogens (tertiary/aromatic N) is 1. The number of hydrogen-bond donors (Lipinski definition) is 0. The van der Waals surface area contributed by atoms with Gasteiger partial charge in [0.1, 0.15) is 0 Å². The van der Waals surface area contributed by atoms with Crippen LogP contribution < -0.4 is 34.5 Å². The van der Waals surface area contributed by atoms with E-state index < -0.39 is 10.1 Å². The molecule has 1 rings (SSSR count). The second-order valence-electron chi connectivity index (χ2n) is 3.53. The van der Waals surface area contributed by atoms with E-state index in [0.29, 0.717) is 13.0 Å². The van der Waals surface area contributed by atoms with Gasteiger partial charge in [0.15, 0.2) is 0 Å². The fourth-order valence-corrected chi connectivity index (χ4v) is 2.02. The molecule has 0 radical (unpaired) electrons. The molecule has 0 fully saturated rings. The number of anilines is 1. The molecule has 1 aromatic carbocycles. The Morgan fingerprint density at radius 3 is 2.29 bits per heavy atom. The summed E-state index contributed by atoms with van der Waals surface area (Å²) >= 11 is 0. The van der Waals surface area contributed by atoms with Gasteiger partial charge in [-0.25, -0.2) is 8.42 Å². The molecule has 1 aromatic rings. The Balaban J connectivity index is 0.00000256. The third kappa shape index (κ3) is 7.06. The fourth-order valence-electron chi connectivity index (χ4n) is 1.54. The van der Waals surface area contributed by atoms with Crippen molar-refractivity contribution in [3.05, 3.63) is 30.3 Å². The summed E-state index contributed by atoms with van der Waals surface area (Å²) in [4.78, 5) is 2.05. The summed E-state index contributed by atoms with van der Waals surface area (Å²) in [6.07, 6.45) is 0.370. The van der Waals surface area contributed by atoms with Crippen LogP contribution in [0.5, 0.6) is 0 Å². The largest absolute Gasteiger partial charge is 1.00 e. The maximum absolute atomic E-state index is 10.5. The van der Waals surface area contributed by atoms with Crippen LogP contribution in [0.25, 0.3) is 0 Å². The van der Waals surface area contributed by atoms with Crippen LogP contribution in [0.1, 0.15) is 13.3 Å². The van der Waals surface area contributed by atoms with Gasteiger partial charge >= 0.3 is 29.6 Å². The summed E-state index contributed by atoms with van der Waals surface area (Å²) in [5, 5.41) is 0. The second kappa shape index (κ2) is 8.11. The molecule has 0 aliphatic carbocycles. The molecule has 0 saturated heterocycles. The zero-order chi connectivity index (χ0) is 12.0. The van der Waals surface area contributed by atoms with Crippen LogP contribution in [-0.2, 0) is 10.1 Å². The van der Waals surface area contributed by atoms with E-state index in [-0.39, 0.29) is 35.3 Å². The van der Waals surface area contributed by atoms with Gasteiger partial charge in [0.05, 0.1) is 10.1 Å². The Hall–Kier alpha value is -0.0700. The van der Waals surface area contributed by atoms with E-state index in [2.05, 4.69) is 0 Å². The average molecular weight is 265 g/mol. The first-order valence-corrected chi connectivity index (χ1v) is 6.84. The van der Waals surface area contributed by atoms with Crippen molar-refractivity contribution in [3.8, 4) is 0 Å². The molecular weight excluding hydrogens is 249 g/mol. The molecular formula is C11H16NNaO3S. The van der Waals surface area contributed by atoms with Gasteiger partial charge in [-0.3, -0.25) is 0 Å². The van der Waals surface area contributed by atoms with Gasteiger partial charge in [-0.1, -0.05) is 18.2 Å². The molecule has 0 atom stereocenters. The first-order chi connectivity index (χ1) is 7.53. The number of benzene rings is 1. The van der Waals surface area contributed by atoms with Crippen LogP contribution >= 0.6 is 0 Å². The van der Waals surface area contributed by atoms with Crippen molar-refractivity contribution in [1.29, 1.82) is 0 Å². The normalized spacial score (nSPS) is 10.7. The first kappa shape index (κ1) is 16.9. The van der Waals surface area contributed by atoms with Gasteiger partial charge in [0.2, 0.25) is 0 Å². The quantitative estimate of drug-likeness (QED) is 0.462. The van der Waals surface area contributed by atoms with E-state index in [1.807, 2.05) is 42.2 Å². The standard InChI is InChI=1S/C11H17NO3S.Na/c1-2-12(9-6-10-16(13,14)15)11-7-4-3-5-8-11;/h3-5,7-8H,2,6,9-10H2,1H3,(H,13,14,15);/q;+1/p-1. The first-order valence-electron chi connectivity index (χ1n) is 5.26. The molecule has 0 bridgehead atoms. The van der Waals surface area contributed by atoms with Crippen molar-refractivity contribution in [1.82, 2.24) is 0 Å². The molecule has 0 aliphatic heterocycles. The van der Waals surface area contributed by atoms with Crippen LogP contribution in [-0.4, -0.2) is 31.8 Å². The third-order valence-corrected chi connectivity index (χ3v) is 3.11. The SMILES string of the molecule is CCN(CCCS(=O)(=O)[O-])c1ccccc1.[Na+]. The molecule has 17 heavy (non-hydrogen) atoms. The average Bonchev–Trinajstić information content (AvgIpc) is 2.24.